The van der Waals surface area contributed by atoms with Gasteiger partial charge >= 0.3 is 0 Å². The summed E-state index contributed by atoms with van der Waals surface area (Å²) in [7, 11) is 0.492. The molecule has 0 aliphatic carbocycles. The Bertz CT molecular complexity index is 179. The van der Waals surface area contributed by atoms with E-state index in [2.05, 4.69) is 44.2 Å². The van der Waals surface area contributed by atoms with Crippen molar-refractivity contribution in [3.63, 3.8) is 0 Å². The molecule has 0 aliphatic rings. The molecule has 0 fully saturated rings. The molecule has 0 saturated carbocycles. The van der Waals surface area contributed by atoms with Gasteiger partial charge in [-0.1, -0.05) is 54.9 Å². The Labute approximate surface area is 65.1 Å². The van der Waals surface area contributed by atoms with Crippen LogP contribution in [0.15, 0.2) is 30.3 Å². The molecule has 1 aromatic rings. The first kappa shape index (κ1) is 7.54. The zero-order valence-corrected chi connectivity index (χ0v) is 7.70. The second-order valence-electron chi connectivity index (χ2n) is 2.82. The van der Waals surface area contributed by atoms with Crippen molar-refractivity contribution in [3.8, 4) is 0 Å². The highest BCUT2D eigenvalue weighted by atomic mass is 28.2. The lowest BCUT2D eigenvalue weighted by atomic mass is 10.4. The van der Waals surface area contributed by atoms with Crippen molar-refractivity contribution in [1.82, 2.24) is 0 Å². The van der Waals surface area contributed by atoms with Crippen molar-refractivity contribution in [2.24, 2.45) is 0 Å². The maximum Gasteiger partial charge on any atom is 0.0694 e. The van der Waals surface area contributed by atoms with Gasteiger partial charge in [0.05, 0.1) is 9.52 Å². The zero-order chi connectivity index (χ0) is 7.40. The topological polar surface area (TPSA) is 0 Å². The van der Waals surface area contributed by atoms with Crippen molar-refractivity contribution in [2.75, 3.05) is 0 Å². The van der Waals surface area contributed by atoms with Gasteiger partial charge in [0.25, 0.3) is 0 Å². The highest BCUT2D eigenvalue weighted by Crippen LogP contribution is 1.96. The normalized spacial score (nSPS) is 10.3. The first-order valence-corrected chi connectivity index (χ1v) is 4.93. The highest BCUT2D eigenvalue weighted by molar-refractivity contribution is 6.54. The fraction of sp³-hybridized carbons (Fsp3) is 0.333. The van der Waals surface area contributed by atoms with E-state index in [4.69, 9.17) is 0 Å². The minimum Gasteiger partial charge on any atom is -0.0654 e. The lowest BCUT2D eigenvalue weighted by Crippen LogP contribution is -2.15. The second kappa shape index (κ2) is 3.57. The average Bonchev–Trinajstić information content (AvgIpc) is 1.88. The van der Waals surface area contributed by atoms with Crippen LogP contribution in [0.5, 0.6) is 0 Å². The molecule has 0 unspecified atom stereocenters. The number of rotatable bonds is 2. The van der Waals surface area contributed by atoms with Gasteiger partial charge in [0.2, 0.25) is 0 Å². The summed E-state index contributed by atoms with van der Waals surface area (Å²) in [5.41, 5.74) is 0.849. The van der Waals surface area contributed by atoms with Crippen molar-refractivity contribution in [1.29, 1.82) is 0 Å². The molecule has 53 valence electrons. The smallest absolute Gasteiger partial charge is 0.0654 e. The second-order valence-corrected chi connectivity index (χ2v) is 5.15. The Morgan fingerprint density at radius 1 is 1.10 bits per heavy atom. The van der Waals surface area contributed by atoms with E-state index in [9.17, 15) is 0 Å². The van der Waals surface area contributed by atoms with Gasteiger partial charge < -0.3 is 0 Å². The molecule has 1 radical (unpaired) electrons. The summed E-state index contributed by atoms with van der Waals surface area (Å²) >= 11 is 0. The molecule has 0 bridgehead atoms. The van der Waals surface area contributed by atoms with Crippen LogP contribution in [0.25, 0.3) is 0 Å². The molecule has 0 aromatic heterocycles. The predicted molar refractivity (Wildman–Crippen MR) is 48.3 cm³/mol. The van der Waals surface area contributed by atoms with Crippen molar-refractivity contribution in [2.45, 2.75) is 19.4 Å². The largest absolute Gasteiger partial charge is 0.0694 e. The maximum atomic E-state index is 2.28. The van der Waals surface area contributed by atoms with E-state index in [1.807, 2.05) is 0 Å². The van der Waals surface area contributed by atoms with Crippen LogP contribution < -0.4 is 5.19 Å². The molecule has 10 heavy (non-hydrogen) atoms. The fourth-order valence-electron chi connectivity index (χ4n) is 0.949. The zero-order valence-electron chi connectivity index (χ0n) is 6.54. The third kappa shape index (κ3) is 2.36. The van der Waals surface area contributed by atoms with Crippen LogP contribution in [0.4, 0.5) is 0 Å². The molecular weight excluding hydrogens is 136 g/mol. The summed E-state index contributed by atoms with van der Waals surface area (Å²) in [6.07, 6.45) is 0. The van der Waals surface area contributed by atoms with Gasteiger partial charge in [-0.3, -0.25) is 0 Å². The van der Waals surface area contributed by atoms with E-state index in [1.54, 1.807) is 0 Å². The Morgan fingerprint density at radius 3 is 2.20 bits per heavy atom. The molecule has 0 nitrogen and oxygen atoms in total. The monoisotopic (exact) mass is 149 g/mol. The van der Waals surface area contributed by atoms with Crippen LogP contribution in [-0.4, -0.2) is 9.52 Å². The summed E-state index contributed by atoms with van der Waals surface area (Å²) in [5.74, 6) is 0. The van der Waals surface area contributed by atoms with E-state index >= 15 is 0 Å². The Kier molecular flexibility index (Phi) is 2.69. The van der Waals surface area contributed by atoms with E-state index in [0.717, 1.165) is 5.54 Å². The van der Waals surface area contributed by atoms with Gasteiger partial charge in [-0.15, -0.1) is 0 Å². The molecule has 0 saturated heterocycles. The lowest BCUT2D eigenvalue weighted by molar-refractivity contribution is 1.07. The van der Waals surface area contributed by atoms with Gasteiger partial charge in [-0.2, -0.15) is 0 Å². The average molecular weight is 149 g/mol. The van der Waals surface area contributed by atoms with E-state index < -0.39 is 0 Å². The Morgan fingerprint density at radius 2 is 1.70 bits per heavy atom. The molecule has 0 N–H and O–H groups in total. The van der Waals surface area contributed by atoms with E-state index in [-0.39, 0.29) is 0 Å². The summed E-state index contributed by atoms with van der Waals surface area (Å²) in [6, 6.07) is 10.7. The van der Waals surface area contributed by atoms with Gasteiger partial charge in [-0.05, 0) is 0 Å². The van der Waals surface area contributed by atoms with Crippen LogP contribution >= 0.6 is 0 Å². The van der Waals surface area contributed by atoms with E-state index in [0.29, 0.717) is 9.52 Å². The summed E-state index contributed by atoms with van der Waals surface area (Å²) < 4.78 is 0. The molecule has 1 heteroatoms. The predicted octanol–water partition coefficient (Wildman–Crippen LogP) is 1.58. The third-order valence-electron chi connectivity index (χ3n) is 1.33. The van der Waals surface area contributed by atoms with Gasteiger partial charge in [-0.25, -0.2) is 0 Å². The number of hydrogen-bond donors (Lipinski definition) is 0. The SMILES string of the molecule is CC(C)[SiH]c1ccccc1. The van der Waals surface area contributed by atoms with Crippen molar-refractivity contribution >= 4 is 14.7 Å². The molecule has 0 atom stereocenters. The Hall–Kier alpha value is -0.563. The van der Waals surface area contributed by atoms with Gasteiger partial charge in [0.15, 0.2) is 0 Å². The number of benzene rings is 1. The highest BCUT2D eigenvalue weighted by Gasteiger charge is 1.95. The molecule has 0 aliphatic heterocycles. The summed E-state index contributed by atoms with van der Waals surface area (Å²) in [6.45, 7) is 4.56. The fourth-order valence-corrected chi connectivity index (χ4v) is 2.16. The van der Waals surface area contributed by atoms with Crippen LogP contribution in [0.1, 0.15) is 13.8 Å². The van der Waals surface area contributed by atoms with Gasteiger partial charge in [0.1, 0.15) is 0 Å². The minimum absolute atomic E-state index is 0.492. The quantitative estimate of drug-likeness (QED) is 0.560. The van der Waals surface area contributed by atoms with Crippen LogP contribution in [-0.2, 0) is 0 Å². The standard InChI is InChI=1S/C9H13Si/c1-8(2)10-9-6-4-3-5-7-9/h3-8,10H,1-2H3. The van der Waals surface area contributed by atoms with Crippen molar-refractivity contribution < 1.29 is 0 Å². The van der Waals surface area contributed by atoms with Crippen molar-refractivity contribution in [3.05, 3.63) is 30.3 Å². The first-order chi connectivity index (χ1) is 4.79. The van der Waals surface area contributed by atoms with Crippen LogP contribution in [0.3, 0.4) is 0 Å². The van der Waals surface area contributed by atoms with E-state index in [1.165, 1.54) is 5.19 Å². The maximum absolute atomic E-state index is 2.28. The summed E-state index contributed by atoms with van der Waals surface area (Å²) in [5, 5.41) is 1.53. The first-order valence-electron chi connectivity index (χ1n) is 3.69. The molecule has 0 amide bonds. The molecular formula is C9H13Si. The third-order valence-corrected chi connectivity index (χ3v) is 2.76. The van der Waals surface area contributed by atoms with Crippen LogP contribution in [0.2, 0.25) is 5.54 Å². The minimum atomic E-state index is 0.492. The molecule has 1 rings (SSSR count). The van der Waals surface area contributed by atoms with Gasteiger partial charge in [0, 0.05) is 0 Å². The molecule has 0 heterocycles. The van der Waals surface area contributed by atoms with Crippen LogP contribution in [0, 0.1) is 0 Å². The lowest BCUT2D eigenvalue weighted by Gasteiger charge is -2.01. The number of hydrogen-bond acceptors (Lipinski definition) is 0. The Balaban J connectivity index is 2.59. The summed E-state index contributed by atoms with van der Waals surface area (Å²) in [4.78, 5) is 0. The molecule has 0 spiro atoms. The molecule has 1 aromatic carbocycles.